The Morgan fingerprint density at radius 1 is 0.966 bits per heavy atom. The van der Waals surface area contributed by atoms with Crippen LogP contribution in [0.4, 0.5) is 0 Å². The fraction of sp³-hybridized carbons (Fsp3) is 0.417. The summed E-state index contributed by atoms with van der Waals surface area (Å²) < 4.78 is 0. The van der Waals surface area contributed by atoms with Crippen LogP contribution in [0.25, 0.3) is 16.8 Å². The third kappa shape index (κ3) is 5.45. The van der Waals surface area contributed by atoms with E-state index in [1.165, 1.54) is 5.39 Å². The number of likely N-dealkylation sites (N-methyl/N-ethyl adjacent to an activating group) is 1. The van der Waals surface area contributed by atoms with Crippen molar-refractivity contribution in [1.29, 1.82) is 0 Å². The summed E-state index contributed by atoms with van der Waals surface area (Å²) in [7, 11) is 0. The maximum absolute atomic E-state index is 12.7. The Balaban J connectivity index is 1.59. The minimum Gasteiger partial charge on any atom is -0.342 e. The molecule has 2 aromatic rings. The van der Waals surface area contributed by atoms with E-state index in [1.807, 2.05) is 54.0 Å². The van der Waals surface area contributed by atoms with Gasteiger partial charge in [-0.25, -0.2) is 0 Å². The predicted molar refractivity (Wildman–Crippen MR) is 119 cm³/mol. The van der Waals surface area contributed by atoms with Crippen LogP contribution in [0.2, 0.25) is 0 Å². The molecule has 1 saturated heterocycles. The van der Waals surface area contributed by atoms with Crippen molar-refractivity contribution >= 4 is 28.7 Å². The number of hydrogen-bond acceptors (Lipinski definition) is 3. The van der Waals surface area contributed by atoms with Crippen molar-refractivity contribution in [2.24, 2.45) is 0 Å². The summed E-state index contributed by atoms with van der Waals surface area (Å²) in [5.74, 6) is 0.209. The molecular formula is C24H31N3O2. The summed E-state index contributed by atoms with van der Waals surface area (Å²) >= 11 is 0. The smallest absolute Gasteiger partial charge is 0.246 e. The zero-order chi connectivity index (χ0) is 20.6. The van der Waals surface area contributed by atoms with Crippen LogP contribution >= 0.6 is 0 Å². The Labute approximate surface area is 173 Å². The van der Waals surface area contributed by atoms with Crippen molar-refractivity contribution in [1.82, 2.24) is 14.7 Å². The lowest BCUT2D eigenvalue weighted by Gasteiger charge is -2.25. The number of amides is 2. The maximum Gasteiger partial charge on any atom is 0.246 e. The molecule has 1 fully saturated rings. The summed E-state index contributed by atoms with van der Waals surface area (Å²) in [6, 6.07) is 14.3. The largest absolute Gasteiger partial charge is 0.342 e. The SMILES string of the molecule is CCN(CC)C(=O)CN1CCCN(C(=O)/C=C/c2cccc3ccccc23)CC1. The van der Waals surface area contributed by atoms with Crippen molar-refractivity contribution in [3.05, 3.63) is 54.1 Å². The van der Waals surface area contributed by atoms with E-state index < -0.39 is 0 Å². The first kappa shape index (κ1) is 21.1. The number of rotatable bonds is 6. The van der Waals surface area contributed by atoms with Gasteiger partial charge in [-0.1, -0.05) is 42.5 Å². The minimum absolute atomic E-state index is 0.0369. The maximum atomic E-state index is 12.7. The van der Waals surface area contributed by atoms with Gasteiger partial charge in [0.2, 0.25) is 11.8 Å². The molecule has 2 aromatic carbocycles. The van der Waals surface area contributed by atoms with E-state index in [4.69, 9.17) is 0 Å². The molecule has 0 spiro atoms. The Morgan fingerprint density at radius 3 is 2.52 bits per heavy atom. The van der Waals surface area contributed by atoms with Crippen LogP contribution < -0.4 is 0 Å². The highest BCUT2D eigenvalue weighted by Gasteiger charge is 2.20. The van der Waals surface area contributed by atoms with Crippen LogP contribution in [-0.4, -0.2) is 72.3 Å². The number of fused-ring (bicyclic) bond motifs is 1. The van der Waals surface area contributed by atoms with Crippen LogP contribution in [0.5, 0.6) is 0 Å². The van der Waals surface area contributed by atoms with Gasteiger partial charge in [0.15, 0.2) is 0 Å². The van der Waals surface area contributed by atoms with Gasteiger partial charge in [-0.15, -0.1) is 0 Å². The Morgan fingerprint density at radius 2 is 1.72 bits per heavy atom. The van der Waals surface area contributed by atoms with Crippen LogP contribution in [0.1, 0.15) is 25.8 Å². The van der Waals surface area contributed by atoms with Crippen molar-refractivity contribution in [3.63, 3.8) is 0 Å². The van der Waals surface area contributed by atoms with E-state index in [0.29, 0.717) is 13.1 Å². The molecule has 154 valence electrons. The van der Waals surface area contributed by atoms with E-state index in [1.54, 1.807) is 6.08 Å². The van der Waals surface area contributed by atoms with Crippen molar-refractivity contribution in [2.75, 3.05) is 45.8 Å². The molecule has 0 aliphatic carbocycles. The molecule has 0 atom stereocenters. The second-order valence-electron chi connectivity index (χ2n) is 7.42. The number of carbonyl (C=O) groups is 2. The number of benzene rings is 2. The number of hydrogen-bond donors (Lipinski definition) is 0. The zero-order valence-corrected chi connectivity index (χ0v) is 17.5. The van der Waals surface area contributed by atoms with Gasteiger partial charge < -0.3 is 9.80 Å². The third-order valence-corrected chi connectivity index (χ3v) is 5.60. The Hall–Kier alpha value is -2.66. The second kappa shape index (κ2) is 10.2. The van der Waals surface area contributed by atoms with Gasteiger partial charge in [0.1, 0.15) is 0 Å². The first-order valence-corrected chi connectivity index (χ1v) is 10.6. The third-order valence-electron chi connectivity index (χ3n) is 5.60. The molecule has 0 saturated carbocycles. The standard InChI is InChI=1S/C24H31N3O2/c1-3-26(4-2)24(29)19-25-15-8-16-27(18-17-25)23(28)14-13-21-11-7-10-20-9-5-6-12-22(20)21/h5-7,9-14H,3-4,8,15-19H2,1-2H3/b14-13+. The first-order chi connectivity index (χ1) is 14.1. The predicted octanol–water partition coefficient (Wildman–Crippen LogP) is 3.26. The monoisotopic (exact) mass is 393 g/mol. The average Bonchev–Trinajstić information content (AvgIpc) is 2.98. The molecule has 5 heteroatoms. The fourth-order valence-electron chi connectivity index (χ4n) is 3.88. The molecule has 1 aliphatic heterocycles. The van der Waals surface area contributed by atoms with Gasteiger partial charge in [-0.05, 0) is 42.7 Å². The molecular weight excluding hydrogens is 362 g/mol. The lowest BCUT2D eigenvalue weighted by Crippen LogP contribution is -2.41. The number of carbonyl (C=O) groups excluding carboxylic acids is 2. The van der Waals surface area contributed by atoms with Gasteiger partial charge in [-0.3, -0.25) is 14.5 Å². The Kier molecular flexibility index (Phi) is 7.42. The highest BCUT2D eigenvalue weighted by atomic mass is 16.2. The zero-order valence-electron chi connectivity index (χ0n) is 17.5. The normalized spacial score (nSPS) is 15.6. The van der Waals surface area contributed by atoms with Gasteiger partial charge >= 0.3 is 0 Å². The summed E-state index contributed by atoms with van der Waals surface area (Å²) in [6.07, 6.45) is 4.48. The van der Waals surface area contributed by atoms with Crippen LogP contribution in [0.3, 0.4) is 0 Å². The van der Waals surface area contributed by atoms with Gasteiger partial charge in [0.05, 0.1) is 6.54 Å². The van der Waals surface area contributed by atoms with E-state index in [2.05, 4.69) is 23.1 Å². The average molecular weight is 394 g/mol. The highest BCUT2D eigenvalue weighted by molar-refractivity contribution is 5.96. The van der Waals surface area contributed by atoms with Crippen LogP contribution in [0.15, 0.2) is 48.5 Å². The summed E-state index contributed by atoms with van der Waals surface area (Å²) in [5.41, 5.74) is 1.05. The molecule has 0 N–H and O–H groups in total. The van der Waals surface area contributed by atoms with Gasteiger partial charge in [-0.2, -0.15) is 0 Å². The molecule has 0 radical (unpaired) electrons. The topological polar surface area (TPSA) is 43.9 Å². The van der Waals surface area contributed by atoms with E-state index >= 15 is 0 Å². The lowest BCUT2D eigenvalue weighted by atomic mass is 10.0. The van der Waals surface area contributed by atoms with E-state index in [-0.39, 0.29) is 11.8 Å². The number of nitrogens with zero attached hydrogens (tertiary/aromatic N) is 3. The van der Waals surface area contributed by atoms with E-state index in [9.17, 15) is 9.59 Å². The minimum atomic E-state index is 0.0369. The molecule has 5 nitrogen and oxygen atoms in total. The van der Waals surface area contributed by atoms with E-state index in [0.717, 1.165) is 50.1 Å². The molecule has 3 rings (SSSR count). The molecule has 29 heavy (non-hydrogen) atoms. The molecule has 2 amide bonds. The fourth-order valence-corrected chi connectivity index (χ4v) is 3.88. The van der Waals surface area contributed by atoms with Crippen LogP contribution in [0, 0.1) is 0 Å². The second-order valence-corrected chi connectivity index (χ2v) is 7.42. The summed E-state index contributed by atoms with van der Waals surface area (Å²) in [4.78, 5) is 31.0. The van der Waals surface area contributed by atoms with Crippen molar-refractivity contribution in [3.8, 4) is 0 Å². The van der Waals surface area contributed by atoms with Crippen LogP contribution in [-0.2, 0) is 9.59 Å². The summed E-state index contributed by atoms with van der Waals surface area (Å²) in [6.45, 7) is 8.91. The molecule has 1 heterocycles. The van der Waals surface area contributed by atoms with Crippen molar-refractivity contribution < 1.29 is 9.59 Å². The molecule has 0 unspecified atom stereocenters. The highest BCUT2D eigenvalue weighted by Crippen LogP contribution is 2.19. The summed E-state index contributed by atoms with van der Waals surface area (Å²) in [5, 5.41) is 2.32. The first-order valence-electron chi connectivity index (χ1n) is 10.6. The van der Waals surface area contributed by atoms with Crippen molar-refractivity contribution in [2.45, 2.75) is 20.3 Å². The Bertz CT molecular complexity index is 868. The van der Waals surface area contributed by atoms with Gasteiger partial charge in [0, 0.05) is 45.3 Å². The quantitative estimate of drug-likeness (QED) is 0.708. The lowest BCUT2D eigenvalue weighted by molar-refractivity contribution is -0.132. The molecule has 0 bridgehead atoms. The molecule has 1 aliphatic rings. The molecule has 0 aromatic heterocycles. The van der Waals surface area contributed by atoms with Gasteiger partial charge in [0.25, 0.3) is 0 Å².